The molecule has 0 aliphatic rings. The maximum atomic E-state index is 10.3. The maximum absolute atomic E-state index is 10.3. The maximum Gasteiger partial charge on any atom is 0.488 e. The van der Waals surface area contributed by atoms with Crippen molar-refractivity contribution in [3.63, 3.8) is 0 Å². The lowest BCUT2D eigenvalue weighted by molar-refractivity contribution is 0.426. The zero-order chi connectivity index (χ0) is 29.9. The van der Waals surface area contributed by atoms with Crippen molar-refractivity contribution in [2.24, 2.45) is 0 Å². The third kappa shape index (κ3) is 5.40. The van der Waals surface area contributed by atoms with Crippen LogP contribution in [0.2, 0.25) is 0 Å². The number of hydrogen-bond acceptors (Lipinski definition) is 3. The van der Waals surface area contributed by atoms with Gasteiger partial charge in [-0.15, -0.1) is 0 Å². The van der Waals surface area contributed by atoms with Gasteiger partial charge < -0.3 is 14.9 Å². The second kappa shape index (κ2) is 12.1. The number of benzene rings is 7. The van der Waals surface area contributed by atoms with Gasteiger partial charge in [-0.1, -0.05) is 140 Å². The first-order valence-electron chi connectivity index (χ1n) is 14.7. The van der Waals surface area contributed by atoms with E-state index in [0.29, 0.717) is 5.46 Å². The van der Waals surface area contributed by atoms with Crippen molar-refractivity contribution in [3.8, 4) is 33.4 Å². The molecule has 0 fully saturated rings. The highest BCUT2D eigenvalue weighted by atomic mass is 16.4. The Bertz CT molecular complexity index is 2030. The average Bonchev–Trinajstić information content (AvgIpc) is 3.09. The van der Waals surface area contributed by atoms with E-state index in [-0.39, 0.29) is 0 Å². The second-order valence-electron chi connectivity index (χ2n) is 10.8. The molecule has 2 N–H and O–H groups in total. The molecule has 7 rings (SSSR count). The average molecular weight is 567 g/mol. The van der Waals surface area contributed by atoms with Gasteiger partial charge in [-0.3, -0.25) is 0 Å². The van der Waals surface area contributed by atoms with Crippen LogP contribution in [-0.2, 0) is 0 Å². The van der Waals surface area contributed by atoms with Gasteiger partial charge in [0.15, 0.2) is 0 Å². The van der Waals surface area contributed by atoms with Crippen LogP contribution >= 0.6 is 0 Å². The highest BCUT2D eigenvalue weighted by Crippen LogP contribution is 2.43. The minimum atomic E-state index is -1.60. The lowest BCUT2D eigenvalue weighted by Crippen LogP contribution is -2.30. The Morgan fingerprint density at radius 2 is 0.932 bits per heavy atom. The van der Waals surface area contributed by atoms with Gasteiger partial charge >= 0.3 is 7.12 Å². The van der Waals surface area contributed by atoms with Crippen molar-refractivity contribution in [1.29, 1.82) is 0 Å². The smallest absolute Gasteiger partial charge is 0.423 e. The molecule has 0 bridgehead atoms. The fourth-order valence-electron chi connectivity index (χ4n) is 5.91. The second-order valence-corrected chi connectivity index (χ2v) is 10.8. The van der Waals surface area contributed by atoms with Crippen LogP contribution < -0.4 is 10.4 Å². The van der Waals surface area contributed by atoms with E-state index in [1.165, 1.54) is 0 Å². The first kappa shape index (κ1) is 27.4. The Balaban J connectivity index is 1.47. The van der Waals surface area contributed by atoms with E-state index in [2.05, 4.69) is 114 Å². The van der Waals surface area contributed by atoms with Crippen LogP contribution in [0, 0.1) is 0 Å². The lowest BCUT2D eigenvalue weighted by Gasteiger charge is -2.29. The monoisotopic (exact) mass is 567 g/mol. The molecule has 44 heavy (non-hydrogen) atoms. The van der Waals surface area contributed by atoms with Crippen LogP contribution in [-0.4, -0.2) is 17.2 Å². The summed E-state index contributed by atoms with van der Waals surface area (Å²) in [6.45, 7) is 0. The van der Waals surface area contributed by atoms with Crippen molar-refractivity contribution < 1.29 is 10.0 Å². The largest absolute Gasteiger partial charge is 0.488 e. The normalized spacial score (nSPS) is 11.0. The van der Waals surface area contributed by atoms with Crippen LogP contribution in [0.3, 0.4) is 0 Å². The standard InChI is InChI=1S/C40H30BNO2/c43-41(44)34-26-33-18-10-11-19-38(33)40(27-34)42(35-22-20-30(21-23-35)29-12-4-1-5-13-29)36-24-25-37(31-14-6-2-7-15-31)39(28-36)32-16-8-3-9-17-32/h1-28,43-44H. The summed E-state index contributed by atoms with van der Waals surface area (Å²) in [5.41, 5.74) is 10.0. The molecule has 0 aliphatic heterocycles. The van der Waals surface area contributed by atoms with Gasteiger partial charge in [-0.25, -0.2) is 0 Å². The van der Waals surface area contributed by atoms with Crippen molar-refractivity contribution >= 4 is 40.4 Å². The number of nitrogens with zero attached hydrogens (tertiary/aromatic N) is 1. The van der Waals surface area contributed by atoms with E-state index >= 15 is 0 Å². The van der Waals surface area contributed by atoms with E-state index in [9.17, 15) is 10.0 Å². The third-order valence-corrected chi connectivity index (χ3v) is 8.06. The Hall–Kier alpha value is -5.42. The first-order valence-corrected chi connectivity index (χ1v) is 14.7. The Morgan fingerprint density at radius 3 is 1.57 bits per heavy atom. The summed E-state index contributed by atoms with van der Waals surface area (Å²) in [5, 5.41) is 22.5. The van der Waals surface area contributed by atoms with Crippen LogP contribution in [0.1, 0.15) is 0 Å². The quantitative estimate of drug-likeness (QED) is 0.189. The van der Waals surface area contributed by atoms with Crippen LogP contribution in [0.25, 0.3) is 44.2 Å². The van der Waals surface area contributed by atoms with Gasteiger partial charge in [0.2, 0.25) is 0 Å². The molecule has 7 aromatic rings. The fraction of sp³-hybridized carbons (Fsp3) is 0. The Kier molecular flexibility index (Phi) is 7.52. The molecular formula is C40H30BNO2. The van der Waals surface area contributed by atoms with E-state index in [1.807, 2.05) is 60.7 Å². The number of rotatable bonds is 7. The summed E-state index contributed by atoms with van der Waals surface area (Å²) in [6.07, 6.45) is 0. The minimum absolute atomic E-state index is 0.439. The Labute approximate surface area is 258 Å². The number of anilines is 3. The molecule has 0 atom stereocenters. The summed E-state index contributed by atoms with van der Waals surface area (Å²) in [4.78, 5) is 2.21. The van der Waals surface area contributed by atoms with Crippen molar-refractivity contribution in [1.82, 2.24) is 0 Å². The molecule has 0 unspecified atom stereocenters. The number of hydrogen-bond donors (Lipinski definition) is 2. The summed E-state index contributed by atoms with van der Waals surface area (Å²) in [6, 6.07) is 58.2. The molecule has 7 aromatic carbocycles. The summed E-state index contributed by atoms with van der Waals surface area (Å²) < 4.78 is 0. The van der Waals surface area contributed by atoms with Crippen molar-refractivity contribution in [3.05, 3.63) is 170 Å². The van der Waals surface area contributed by atoms with Gasteiger partial charge in [-0.2, -0.15) is 0 Å². The van der Waals surface area contributed by atoms with Gasteiger partial charge in [-0.05, 0) is 74.6 Å². The summed E-state index contributed by atoms with van der Waals surface area (Å²) in [7, 11) is -1.60. The molecule has 210 valence electrons. The molecule has 0 aliphatic carbocycles. The van der Waals surface area contributed by atoms with E-state index in [1.54, 1.807) is 0 Å². The summed E-state index contributed by atoms with van der Waals surface area (Å²) >= 11 is 0. The van der Waals surface area contributed by atoms with Crippen LogP contribution in [0.15, 0.2) is 170 Å². The molecule has 0 radical (unpaired) electrons. The van der Waals surface area contributed by atoms with Crippen molar-refractivity contribution in [2.45, 2.75) is 0 Å². The van der Waals surface area contributed by atoms with Gasteiger partial charge in [0.05, 0.1) is 5.69 Å². The van der Waals surface area contributed by atoms with E-state index < -0.39 is 7.12 Å². The van der Waals surface area contributed by atoms with E-state index in [4.69, 9.17) is 0 Å². The molecule has 0 amide bonds. The highest BCUT2D eigenvalue weighted by Gasteiger charge is 2.21. The van der Waals surface area contributed by atoms with Crippen molar-refractivity contribution in [2.75, 3.05) is 4.90 Å². The minimum Gasteiger partial charge on any atom is -0.423 e. The molecule has 0 saturated heterocycles. The number of fused-ring (bicyclic) bond motifs is 1. The van der Waals surface area contributed by atoms with Gasteiger partial charge in [0.1, 0.15) is 0 Å². The first-order chi connectivity index (χ1) is 21.7. The predicted octanol–water partition coefficient (Wildman–Crippen LogP) is 8.99. The summed E-state index contributed by atoms with van der Waals surface area (Å²) in [5.74, 6) is 0. The zero-order valence-corrected chi connectivity index (χ0v) is 24.1. The topological polar surface area (TPSA) is 43.7 Å². The van der Waals surface area contributed by atoms with Gasteiger partial charge in [0, 0.05) is 16.8 Å². The predicted molar refractivity (Wildman–Crippen MR) is 185 cm³/mol. The fourth-order valence-corrected chi connectivity index (χ4v) is 5.91. The molecule has 0 saturated carbocycles. The highest BCUT2D eigenvalue weighted by molar-refractivity contribution is 6.59. The van der Waals surface area contributed by atoms with Gasteiger partial charge in [0.25, 0.3) is 0 Å². The molecule has 0 heterocycles. The zero-order valence-electron chi connectivity index (χ0n) is 24.1. The molecular weight excluding hydrogens is 537 g/mol. The van der Waals surface area contributed by atoms with Crippen LogP contribution in [0.5, 0.6) is 0 Å². The third-order valence-electron chi connectivity index (χ3n) is 8.06. The molecule has 4 heteroatoms. The molecule has 0 spiro atoms. The lowest BCUT2D eigenvalue weighted by atomic mass is 9.78. The Morgan fingerprint density at radius 1 is 0.409 bits per heavy atom. The van der Waals surface area contributed by atoms with Crippen LogP contribution in [0.4, 0.5) is 17.1 Å². The SMILES string of the molecule is OB(O)c1cc(N(c2ccc(-c3ccccc3)cc2)c2ccc(-c3ccccc3)c(-c3ccccc3)c2)c2ccccc2c1. The molecule has 0 aromatic heterocycles. The van der Waals surface area contributed by atoms with E-state index in [0.717, 1.165) is 61.2 Å². The molecule has 3 nitrogen and oxygen atoms in total.